The summed E-state index contributed by atoms with van der Waals surface area (Å²) in [5.41, 5.74) is 1.89. The molecule has 0 aliphatic carbocycles. The molecule has 0 radical (unpaired) electrons. The first-order chi connectivity index (χ1) is 17.6. The van der Waals surface area contributed by atoms with Crippen molar-refractivity contribution in [2.45, 2.75) is 32.2 Å². The Labute approximate surface area is 210 Å². The van der Waals surface area contributed by atoms with E-state index in [2.05, 4.69) is 15.3 Å². The van der Waals surface area contributed by atoms with Gasteiger partial charge in [-0.25, -0.2) is 14.4 Å². The Kier molecular flexibility index (Phi) is 6.15. The fourth-order valence-electron chi connectivity index (χ4n) is 4.66. The average molecular weight is 511 g/mol. The van der Waals surface area contributed by atoms with Gasteiger partial charge in [0.25, 0.3) is 11.5 Å². The molecular weight excluding hydrogens is 485 g/mol. The van der Waals surface area contributed by atoms with Gasteiger partial charge in [-0.15, -0.1) is 0 Å². The van der Waals surface area contributed by atoms with Crippen LogP contribution in [0.3, 0.4) is 0 Å². The molecule has 3 heterocycles. The molecule has 0 fully saturated rings. The molecule has 2 aromatic heterocycles. The van der Waals surface area contributed by atoms with E-state index < -0.39 is 30.0 Å². The largest absolute Gasteiger partial charge is 0.492 e. The predicted octanol–water partition coefficient (Wildman–Crippen LogP) is 4.64. The molecule has 1 aliphatic rings. The van der Waals surface area contributed by atoms with E-state index in [4.69, 9.17) is 9.84 Å². The molecule has 0 spiro atoms. The molecule has 1 atom stereocenters. The number of nitrogens with zero attached hydrogens (tertiary/aromatic N) is 3. The number of benzene rings is 2. The second-order valence-electron chi connectivity index (χ2n) is 9.15. The molecule has 5 rings (SSSR count). The number of halogens is 3. The molecule has 10 heteroatoms. The van der Waals surface area contributed by atoms with Crippen molar-refractivity contribution in [1.82, 2.24) is 14.5 Å². The van der Waals surface area contributed by atoms with Gasteiger partial charge in [0.15, 0.2) is 0 Å². The van der Waals surface area contributed by atoms with Gasteiger partial charge in [-0.1, -0.05) is 12.1 Å². The number of nitrogens with one attached hydrogen (secondary N) is 1. The molecule has 0 saturated heterocycles. The maximum Gasteiger partial charge on any atom is 0.298 e. The zero-order valence-corrected chi connectivity index (χ0v) is 20.5. The minimum Gasteiger partial charge on any atom is -0.492 e. The highest BCUT2D eigenvalue weighted by Crippen LogP contribution is 2.43. The number of pyridine rings is 1. The fraction of sp³-hybridized carbons (Fsp3) is 0.296. The van der Waals surface area contributed by atoms with Crippen LogP contribution >= 0.6 is 0 Å². The number of fused-ring (bicyclic) bond motifs is 3. The van der Waals surface area contributed by atoms with Gasteiger partial charge in [0.1, 0.15) is 29.8 Å². The summed E-state index contributed by atoms with van der Waals surface area (Å²) in [5.74, 6) is -3.28. The highest BCUT2D eigenvalue weighted by molar-refractivity contribution is 5.98. The second kappa shape index (κ2) is 9.19. The number of aromatic nitrogens is 3. The van der Waals surface area contributed by atoms with Crippen LogP contribution in [0.15, 0.2) is 47.4 Å². The molecule has 192 valence electrons. The Hall–Kier alpha value is -3.92. The number of rotatable bonds is 6. The summed E-state index contributed by atoms with van der Waals surface area (Å²) in [5, 5.41) is 12.8. The lowest BCUT2D eigenvalue weighted by Gasteiger charge is -2.21. The van der Waals surface area contributed by atoms with E-state index >= 15 is 4.39 Å². The van der Waals surface area contributed by atoms with E-state index in [9.17, 15) is 13.6 Å². The number of aliphatic hydroxyl groups is 1. The maximum atomic E-state index is 15.1. The topological polar surface area (TPSA) is 89.3 Å². The molecule has 7 nitrogen and oxygen atoms in total. The normalized spacial score (nSPS) is 13.9. The zero-order chi connectivity index (χ0) is 26.5. The van der Waals surface area contributed by atoms with E-state index in [1.165, 1.54) is 22.8 Å². The first-order valence-corrected chi connectivity index (χ1v) is 11.8. The standard InChI is InChI=1S/C27H25F3N4O3/c1-14(17-5-4-6-21(23(17)28)27(29,30)13-35)31-26-20-12-19(16-7-9-34(3)22(36)11-16)25-18(8-10-37-25)24(20)32-15(2)33-26/h4-7,9,11-12,14,35H,8,10,13H2,1-3H3,(H,31,32,33). The highest BCUT2D eigenvalue weighted by atomic mass is 19.3. The Morgan fingerprint density at radius 3 is 2.76 bits per heavy atom. The highest BCUT2D eigenvalue weighted by Gasteiger charge is 2.35. The van der Waals surface area contributed by atoms with Crippen molar-refractivity contribution >= 4 is 16.7 Å². The summed E-state index contributed by atoms with van der Waals surface area (Å²) in [6, 6.07) is 8.13. The lowest BCUT2D eigenvalue weighted by Crippen LogP contribution is -2.22. The van der Waals surface area contributed by atoms with Crippen molar-refractivity contribution in [1.29, 1.82) is 0 Å². The Morgan fingerprint density at radius 1 is 1.24 bits per heavy atom. The molecule has 37 heavy (non-hydrogen) atoms. The van der Waals surface area contributed by atoms with Crippen LogP contribution in [0.5, 0.6) is 5.75 Å². The van der Waals surface area contributed by atoms with E-state index in [1.54, 1.807) is 27.1 Å². The smallest absolute Gasteiger partial charge is 0.298 e. The van der Waals surface area contributed by atoms with Crippen LogP contribution in [0.2, 0.25) is 0 Å². The third-order valence-electron chi connectivity index (χ3n) is 6.61. The number of hydrogen-bond acceptors (Lipinski definition) is 6. The lowest BCUT2D eigenvalue weighted by atomic mass is 9.97. The first-order valence-electron chi connectivity index (χ1n) is 11.8. The number of alkyl halides is 2. The fourth-order valence-corrected chi connectivity index (χ4v) is 4.66. The van der Waals surface area contributed by atoms with Crippen LogP contribution in [0, 0.1) is 12.7 Å². The van der Waals surface area contributed by atoms with Gasteiger partial charge in [0.05, 0.1) is 23.7 Å². The first kappa shape index (κ1) is 24.8. The van der Waals surface area contributed by atoms with Crippen molar-refractivity contribution < 1.29 is 23.0 Å². The summed E-state index contributed by atoms with van der Waals surface area (Å²) in [4.78, 5) is 21.5. The molecule has 1 aliphatic heterocycles. The van der Waals surface area contributed by atoms with Crippen LogP contribution in [0.1, 0.15) is 35.5 Å². The Morgan fingerprint density at radius 2 is 2.03 bits per heavy atom. The van der Waals surface area contributed by atoms with Gasteiger partial charge in [0, 0.05) is 47.8 Å². The number of ether oxygens (including phenoxy) is 1. The number of aryl methyl sites for hydroxylation is 2. The monoisotopic (exact) mass is 510 g/mol. The van der Waals surface area contributed by atoms with Gasteiger partial charge in [-0.05, 0) is 37.6 Å². The van der Waals surface area contributed by atoms with Gasteiger partial charge in [0.2, 0.25) is 0 Å². The molecule has 0 bridgehead atoms. The zero-order valence-electron chi connectivity index (χ0n) is 20.5. The Bertz CT molecular complexity index is 1590. The van der Waals surface area contributed by atoms with Crippen LogP contribution in [-0.2, 0) is 19.4 Å². The number of anilines is 1. The van der Waals surface area contributed by atoms with Gasteiger partial charge in [-0.2, -0.15) is 8.78 Å². The Balaban J connectivity index is 1.64. The third kappa shape index (κ3) is 4.31. The van der Waals surface area contributed by atoms with Crippen LogP contribution in [0.25, 0.3) is 22.0 Å². The molecule has 0 saturated carbocycles. The quantitative estimate of drug-likeness (QED) is 0.393. The minimum atomic E-state index is -3.71. The van der Waals surface area contributed by atoms with Gasteiger partial charge < -0.3 is 19.7 Å². The maximum absolute atomic E-state index is 15.1. The molecule has 0 amide bonds. The van der Waals surface area contributed by atoms with Crippen LogP contribution in [-0.4, -0.2) is 32.9 Å². The third-order valence-corrected chi connectivity index (χ3v) is 6.61. The molecule has 4 aromatic rings. The summed E-state index contributed by atoms with van der Waals surface area (Å²) in [7, 11) is 1.66. The molecule has 2 aromatic carbocycles. The summed E-state index contributed by atoms with van der Waals surface area (Å²) in [6.07, 6.45) is 2.29. The molecular formula is C27H25F3N4O3. The van der Waals surface area contributed by atoms with Crippen LogP contribution in [0.4, 0.5) is 19.0 Å². The van der Waals surface area contributed by atoms with E-state index in [0.717, 1.165) is 11.6 Å². The van der Waals surface area contributed by atoms with E-state index in [1.807, 2.05) is 12.1 Å². The average Bonchev–Trinajstić information content (AvgIpc) is 3.36. The van der Waals surface area contributed by atoms with E-state index in [0.29, 0.717) is 52.4 Å². The van der Waals surface area contributed by atoms with E-state index in [-0.39, 0.29) is 11.1 Å². The van der Waals surface area contributed by atoms with Gasteiger partial charge in [-0.3, -0.25) is 4.79 Å². The van der Waals surface area contributed by atoms with Crippen molar-refractivity contribution in [2.75, 3.05) is 18.5 Å². The van der Waals surface area contributed by atoms with Crippen molar-refractivity contribution in [3.63, 3.8) is 0 Å². The van der Waals surface area contributed by atoms with Gasteiger partial charge >= 0.3 is 0 Å². The van der Waals surface area contributed by atoms with Crippen molar-refractivity contribution in [3.05, 3.63) is 81.3 Å². The van der Waals surface area contributed by atoms with Crippen molar-refractivity contribution in [2.24, 2.45) is 7.05 Å². The summed E-state index contributed by atoms with van der Waals surface area (Å²) >= 11 is 0. The summed E-state index contributed by atoms with van der Waals surface area (Å²) in [6.45, 7) is 2.34. The minimum absolute atomic E-state index is 0.00585. The molecule has 1 unspecified atom stereocenters. The van der Waals surface area contributed by atoms with Crippen LogP contribution < -0.4 is 15.6 Å². The number of hydrogen-bond donors (Lipinski definition) is 2. The predicted molar refractivity (Wildman–Crippen MR) is 134 cm³/mol. The SMILES string of the molecule is Cc1nc(NC(C)c2cccc(C(F)(F)CO)c2F)c2cc(-c3ccn(C)c(=O)c3)c3c(c2n1)CCO3. The molecule has 2 N–H and O–H groups in total. The second-order valence-corrected chi connectivity index (χ2v) is 9.15. The van der Waals surface area contributed by atoms with Crippen molar-refractivity contribution in [3.8, 4) is 16.9 Å². The number of aliphatic hydroxyl groups excluding tert-OH is 1. The summed E-state index contributed by atoms with van der Waals surface area (Å²) < 4.78 is 50.7. The lowest BCUT2D eigenvalue weighted by molar-refractivity contribution is -0.0583.